The van der Waals surface area contributed by atoms with Crippen molar-refractivity contribution in [3.63, 3.8) is 0 Å². The van der Waals surface area contributed by atoms with Gasteiger partial charge in [-0.1, -0.05) is 15.9 Å². The van der Waals surface area contributed by atoms with Crippen molar-refractivity contribution in [2.45, 2.75) is 19.8 Å². The molecule has 0 radical (unpaired) electrons. The van der Waals surface area contributed by atoms with Crippen molar-refractivity contribution in [3.8, 4) is 0 Å². The molecule has 1 aromatic rings. The first-order valence-electron chi connectivity index (χ1n) is 6.66. The van der Waals surface area contributed by atoms with Gasteiger partial charge in [-0.2, -0.15) is 0 Å². The van der Waals surface area contributed by atoms with Gasteiger partial charge in [-0.25, -0.2) is 0 Å². The van der Waals surface area contributed by atoms with Gasteiger partial charge in [-0.05, 0) is 38.0 Å². The van der Waals surface area contributed by atoms with E-state index < -0.39 is 0 Å². The number of Topliss-reactive ketones (excluding diaryl/α,β-unsaturated/α-hetero) is 1. The van der Waals surface area contributed by atoms with Crippen LogP contribution in [0.4, 0.5) is 5.69 Å². The molecule has 5 heteroatoms. The Morgan fingerprint density at radius 1 is 1.30 bits per heavy atom. The molecule has 0 saturated carbocycles. The number of hydrogen-bond acceptors (Lipinski definition) is 4. The fourth-order valence-corrected chi connectivity index (χ4v) is 2.95. The summed E-state index contributed by atoms with van der Waals surface area (Å²) in [4.78, 5) is 25.5. The fourth-order valence-electron chi connectivity index (χ4n) is 2.59. The average Bonchev–Trinajstić information content (AvgIpc) is 2.46. The van der Waals surface area contributed by atoms with Crippen LogP contribution >= 0.6 is 15.9 Å². The van der Waals surface area contributed by atoms with Gasteiger partial charge < -0.3 is 9.64 Å². The third kappa shape index (κ3) is 3.20. The molecule has 0 bridgehead atoms. The molecule has 108 valence electrons. The number of benzene rings is 1. The molecule has 4 nitrogen and oxygen atoms in total. The highest BCUT2D eigenvalue weighted by Gasteiger charge is 2.27. The second-order valence-electron chi connectivity index (χ2n) is 5.00. The van der Waals surface area contributed by atoms with E-state index in [9.17, 15) is 9.59 Å². The van der Waals surface area contributed by atoms with E-state index in [1.807, 2.05) is 18.2 Å². The first-order valence-corrected chi connectivity index (χ1v) is 7.45. The predicted molar refractivity (Wildman–Crippen MR) is 81.1 cm³/mol. The second kappa shape index (κ2) is 6.39. The molecule has 1 heterocycles. The summed E-state index contributed by atoms with van der Waals surface area (Å²) >= 11 is 3.39. The number of anilines is 1. The Labute approximate surface area is 127 Å². The van der Waals surface area contributed by atoms with Crippen LogP contribution in [0.2, 0.25) is 0 Å². The lowest BCUT2D eigenvalue weighted by Gasteiger charge is -2.33. The summed E-state index contributed by atoms with van der Waals surface area (Å²) in [6.45, 7) is 3.11. The molecule has 2 rings (SSSR count). The van der Waals surface area contributed by atoms with Crippen molar-refractivity contribution in [2.75, 3.05) is 25.1 Å². The fraction of sp³-hybridized carbons (Fsp3) is 0.467. The van der Waals surface area contributed by atoms with Gasteiger partial charge in [0, 0.05) is 28.8 Å². The van der Waals surface area contributed by atoms with Gasteiger partial charge in [0.05, 0.1) is 13.0 Å². The first-order chi connectivity index (χ1) is 9.52. The minimum absolute atomic E-state index is 0.0209. The maximum Gasteiger partial charge on any atom is 0.308 e. The van der Waals surface area contributed by atoms with E-state index in [1.54, 1.807) is 6.92 Å². The van der Waals surface area contributed by atoms with E-state index in [0.29, 0.717) is 0 Å². The number of hydrogen-bond donors (Lipinski definition) is 0. The summed E-state index contributed by atoms with van der Waals surface area (Å²) < 4.78 is 5.69. The number of methoxy groups -OCH3 is 1. The number of esters is 1. The number of rotatable bonds is 3. The Kier molecular flexibility index (Phi) is 4.81. The second-order valence-corrected chi connectivity index (χ2v) is 5.92. The molecular weight excluding hydrogens is 322 g/mol. The highest BCUT2D eigenvalue weighted by Crippen LogP contribution is 2.29. The Bertz CT molecular complexity index is 522. The number of ketones is 1. The zero-order valence-corrected chi connectivity index (χ0v) is 13.3. The molecule has 0 aliphatic carbocycles. The lowest BCUT2D eigenvalue weighted by Crippen LogP contribution is -2.37. The normalized spacial score (nSPS) is 16.1. The van der Waals surface area contributed by atoms with Crippen molar-refractivity contribution in [1.29, 1.82) is 0 Å². The van der Waals surface area contributed by atoms with Crippen LogP contribution in [-0.4, -0.2) is 32.0 Å². The predicted octanol–water partition coefficient (Wildman–Crippen LogP) is 3.04. The molecule has 1 saturated heterocycles. The summed E-state index contributed by atoms with van der Waals surface area (Å²) in [5.74, 6) is -0.101. The van der Waals surface area contributed by atoms with Crippen molar-refractivity contribution >= 4 is 33.4 Å². The molecule has 1 aromatic carbocycles. The highest BCUT2D eigenvalue weighted by molar-refractivity contribution is 9.10. The molecule has 1 fully saturated rings. The number of carbonyl (C=O) groups is 2. The molecule has 0 amide bonds. The van der Waals surface area contributed by atoms with E-state index in [0.717, 1.165) is 41.7 Å². The average molecular weight is 340 g/mol. The van der Waals surface area contributed by atoms with Crippen molar-refractivity contribution < 1.29 is 14.3 Å². The smallest absolute Gasteiger partial charge is 0.308 e. The van der Waals surface area contributed by atoms with Crippen LogP contribution in [0.3, 0.4) is 0 Å². The minimum Gasteiger partial charge on any atom is -0.469 e. The molecule has 0 N–H and O–H groups in total. The van der Waals surface area contributed by atoms with E-state index in [2.05, 4.69) is 20.8 Å². The molecular formula is C15H18BrNO3. The Morgan fingerprint density at radius 3 is 2.50 bits per heavy atom. The number of piperidine rings is 1. The van der Waals surface area contributed by atoms with Gasteiger partial charge in [-0.15, -0.1) is 0 Å². The number of ether oxygens (including phenoxy) is 1. The summed E-state index contributed by atoms with van der Waals surface area (Å²) in [6, 6.07) is 5.75. The monoisotopic (exact) mass is 339 g/mol. The Morgan fingerprint density at radius 2 is 1.95 bits per heavy atom. The maximum atomic E-state index is 11.8. The van der Waals surface area contributed by atoms with Gasteiger partial charge in [-0.3, -0.25) is 9.59 Å². The number of carbonyl (C=O) groups excluding carboxylic acids is 2. The van der Waals surface area contributed by atoms with Crippen LogP contribution in [0.5, 0.6) is 0 Å². The van der Waals surface area contributed by atoms with Gasteiger partial charge in [0.15, 0.2) is 5.78 Å². The summed E-state index contributed by atoms with van der Waals surface area (Å²) in [6.07, 6.45) is 1.53. The van der Waals surface area contributed by atoms with E-state index >= 15 is 0 Å². The van der Waals surface area contributed by atoms with Crippen LogP contribution in [0.15, 0.2) is 22.7 Å². The van der Waals surface area contributed by atoms with Crippen LogP contribution in [0.25, 0.3) is 0 Å². The molecule has 1 aliphatic rings. The topological polar surface area (TPSA) is 46.6 Å². The Hall–Kier alpha value is -1.36. The molecule has 0 unspecified atom stereocenters. The standard InChI is InChI=1S/C15H18BrNO3/c1-10(18)13-9-12(16)3-4-14(13)17-7-5-11(6-8-17)15(19)20-2/h3-4,9,11H,5-8H2,1-2H3. The largest absolute Gasteiger partial charge is 0.469 e. The zero-order valence-electron chi connectivity index (χ0n) is 11.7. The zero-order chi connectivity index (χ0) is 14.7. The summed E-state index contributed by atoms with van der Waals surface area (Å²) in [7, 11) is 1.43. The summed E-state index contributed by atoms with van der Waals surface area (Å²) in [5, 5.41) is 0. The number of halogens is 1. The summed E-state index contributed by atoms with van der Waals surface area (Å²) in [5.41, 5.74) is 1.67. The van der Waals surface area contributed by atoms with Crippen LogP contribution in [-0.2, 0) is 9.53 Å². The Balaban J connectivity index is 2.15. The lowest BCUT2D eigenvalue weighted by atomic mass is 9.95. The van der Waals surface area contributed by atoms with E-state index in [-0.39, 0.29) is 17.7 Å². The molecule has 0 atom stereocenters. The van der Waals surface area contributed by atoms with Gasteiger partial charge >= 0.3 is 5.97 Å². The third-order valence-corrected chi connectivity index (χ3v) is 4.20. The van der Waals surface area contributed by atoms with Crippen molar-refractivity contribution in [1.82, 2.24) is 0 Å². The van der Waals surface area contributed by atoms with Gasteiger partial charge in [0.1, 0.15) is 0 Å². The van der Waals surface area contributed by atoms with Crippen LogP contribution in [0.1, 0.15) is 30.1 Å². The van der Waals surface area contributed by atoms with Crippen LogP contribution < -0.4 is 4.90 Å². The quantitative estimate of drug-likeness (QED) is 0.627. The van der Waals surface area contributed by atoms with E-state index in [4.69, 9.17) is 4.74 Å². The third-order valence-electron chi connectivity index (χ3n) is 3.71. The molecule has 20 heavy (non-hydrogen) atoms. The van der Waals surface area contributed by atoms with Crippen molar-refractivity contribution in [2.24, 2.45) is 5.92 Å². The number of nitrogens with zero attached hydrogens (tertiary/aromatic N) is 1. The van der Waals surface area contributed by atoms with E-state index in [1.165, 1.54) is 7.11 Å². The van der Waals surface area contributed by atoms with Gasteiger partial charge in [0.2, 0.25) is 0 Å². The van der Waals surface area contributed by atoms with Gasteiger partial charge in [0.25, 0.3) is 0 Å². The van der Waals surface area contributed by atoms with Crippen molar-refractivity contribution in [3.05, 3.63) is 28.2 Å². The molecule has 0 aromatic heterocycles. The molecule has 1 aliphatic heterocycles. The van der Waals surface area contributed by atoms with Crippen LogP contribution in [0, 0.1) is 5.92 Å². The minimum atomic E-state index is -0.132. The molecule has 0 spiro atoms. The lowest BCUT2D eigenvalue weighted by molar-refractivity contribution is -0.146. The highest BCUT2D eigenvalue weighted by atomic mass is 79.9. The SMILES string of the molecule is COC(=O)C1CCN(c2ccc(Br)cc2C(C)=O)CC1. The first kappa shape index (κ1) is 15.0. The maximum absolute atomic E-state index is 11.8.